The summed E-state index contributed by atoms with van der Waals surface area (Å²) in [7, 11) is -10.3. The first-order valence-corrected chi connectivity index (χ1v) is 15.3. The summed E-state index contributed by atoms with van der Waals surface area (Å²) in [5.74, 6) is 0.0641. The lowest BCUT2D eigenvalue weighted by molar-refractivity contribution is -0.137. The number of hydrogen-bond acceptors (Lipinski definition) is 18. The number of phosphoric ester groups is 2. The molecule has 8 N–H and O–H groups in total. The molecule has 22 nitrogen and oxygen atoms in total. The van der Waals surface area contributed by atoms with E-state index in [1.807, 2.05) is 0 Å². The van der Waals surface area contributed by atoms with Crippen molar-refractivity contribution in [3.63, 3.8) is 0 Å². The molecule has 0 saturated carbocycles. The van der Waals surface area contributed by atoms with E-state index in [1.165, 1.54) is 21.8 Å². The van der Waals surface area contributed by atoms with Crippen molar-refractivity contribution < 1.29 is 56.7 Å². The number of aliphatic hydroxyl groups excluding tert-OH is 2. The third-order valence-corrected chi connectivity index (χ3v) is 8.92. The molecule has 0 amide bonds. The Balaban J connectivity index is 1.20. The van der Waals surface area contributed by atoms with Gasteiger partial charge in [0.2, 0.25) is 6.29 Å². The number of nitrogens with two attached hydrogens (primary N) is 2. The number of nitrogens with zero attached hydrogens (tertiary/aromatic N) is 8. The molecule has 7 heterocycles. The van der Waals surface area contributed by atoms with Crippen LogP contribution >= 0.6 is 15.6 Å². The third-order valence-electron chi connectivity index (χ3n) is 6.95. The van der Waals surface area contributed by atoms with Gasteiger partial charge in [0.1, 0.15) is 48.1 Å². The zero-order valence-electron chi connectivity index (χ0n) is 21.3. The van der Waals surface area contributed by atoms with E-state index in [1.54, 1.807) is 0 Å². The Hall–Kier alpha value is -3.24. The Morgan fingerprint density at radius 1 is 0.744 bits per heavy atom. The fourth-order valence-corrected chi connectivity index (χ4v) is 7.01. The summed E-state index contributed by atoms with van der Waals surface area (Å²) in [5, 5.41) is 22.2. The number of nitrogen functional groups attached to an aromatic ring is 2. The van der Waals surface area contributed by atoms with Gasteiger partial charge in [-0.15, -0.1) is 0 Å². The second-order valence-electron chi connectivity index (χ2n) is 9.59. The number of aromatic nitrogens is 8. The first kappa shape index (κ1) is 28.5. The molecule has 0 aromatic carbocycles. The summed E-state index contributed by atoms with van der Waals surface area (Å²) in [6.45, 7) is -0.782. The van der Waals surface area contributed by atoms with E-state index in [0.29, 0.717) is 0 Å². The molecule has 230 valence electrons. The van der Waals surface area contributed by atoms with Crippen LogP contribution in [0.15, 0.2) is 25.3 Å². The van der Waals surface area contributed by atoms with Crippen LogP contribution in [0.4, 0.5) is 11.6 Å². The highest BCUT2D eigenvalue weighted by atomic mass is 31.2. The summed E-state index contributed by atoms with van der Waals surface area (Å²) >= 11 is 0. The van der Waals surface area contributed by atoms with E-state index in [-0.39, 0.29) is 34.0 Å². The zero-order valence-corrected chi connectivity index (χ0v) is 23.1. The Labute approximate surface area is 238 Å². The van der Waals surface area contributed by atoms with Crippen LogP contribution in [0.3, 0.4) is 0 Å². The molecule has 6 unspecified atom stereocenters. The molecular formula is C19H22N10O12P2. The Bertz CT molecular complexity index is 1810. The highest BCUT2D eigenvalue weighted by Gasteiger charge is 2.56. The van der Waals surface area contributed by atoms with Crippen LogP contribution in [0, 0.1) is 0 Å². The van der Waals surface area contributed by atoms with Crippen LogP contribution in [0.25, 0.3) is 22.3 Å². The van der Waals surface area contributed by atoms with Gasteiger partial charge in [-0.3, -0.25) is 27.2 Å². The average Bonchev–Trinajstić information content (AvgIpc) is 3.70. The molecule has 3 aliphatic heterocycles. The topological polar surface area (TPSA) is 310 Å². The monoisotopic (exact) mass is 644 g/mol. The number of ether oxygens (including phenoxy) is 2. The summed E-state index contributed by atoms with van der Waals surface area (Å²) in [5.41, 5.74) is 12.2. The van der Waals surface area contributed by atoms with Crippen molar-refractivity contribution >= 4 is 49.6 Å². The van der Waals surface area contributed by atoms with Crippen molar-refractivity contribution in [2.45, 2.75) is 49.3 Å². The molecule has 0 bridgehead atoms. The highest BCUT2D eigenvalue weighted by Crippen LogP contribution is 2.56. The van der Waals surface area contributed by atoms with Gasteiger partial charge in [0.05, 0.1) is 19.3 Å². The van der Waals surface area contributed by atoms with Gasteiger partial charge in [0.15, 0.2) is 41.5 Å². The van der Waals surface area contributed by atoms with Crippen LogP contribution in [0.5, 0.6) is 0 Å². The Morgan fingerprint density at radius 3 is 1.88 bits per heavy atom. The minimum absolute atomic E-state index is 0.0188. The fourth-order valence-electron chi connectivity index (χ4n) is 5.03. The Kier molecular flexibility index (Phi) is 6.74. The quantitative estimate of drug-likeness (QED) is 0.133. The number of hydrogen-bond donors (Lipinski definition) is 6. The molecule has 10 atom stereocenters. The number of anilines is 2. The standard InChI is InChI=1S/C19H22N10O12P2/c20-13-7-15(24-2-22-13)28(4-26-7)17-9(30)11-6(37-17)1-36-42(32,33)40-12-10(31)18(38-19(12)41-43(34,35)39-11)29-5-27-8-14(21)23-3-25-16(8)29/h2-6,9-12,17-19,30-31H,1H2,(H,32,33)(H,34,35)(H2,20,22,24)(H2,21,23,25)/t6-,9?,10?,11?,12?,17-,18-,19-/m1/s1. The van der Waals surface area contributed by atoms with Crippen LogP contribution in [-0.4, -0.2) is 102 Å². The maximum absolute atomic E-state index is 13.2. The molecule has 0 spiro atoms. The molecule has 3 fully saturated rings. The first-order valence-electron chi connectivity index (χ1n) is 12.3. The normalized spacial score (nSPS) is 38.6. The van der Waals surface area contributed by atoms with Crippen LogP contribution in [0.1, 0.15) is 12.5 Å². The van der Waals surface area contributed by atoms with E-state index >= 15 is 0 Å². The van der Waals surface area contributed by atoms with Gasteiger partial charge < -0.3 is 40.9 Å². The van der Waals surface area contributed by atoms with Gasteiger partial charge >= 0.3 is 15.6 Å². The van der Waals surface area contributed by atoms with Gasteiger partial charge in [-0.25, -0.2) is 39.0 Å². The van der Waals surface area contributed by atoms with Crippen molar-refractivity contribution in [2.75, 3.05) is 18.1 Å². The van der Waals surface area contributed by atoms with Crippen molar-refractivity contribution in [3.05, 3.63) is 25.3 Å². The zero-order chi connectivity index (χ0) is 30.3. The van der Waals surface area contributed by atoms with Gasteiger partial charge in [0, 0.05) is 0 Å². The third kappa shape index (κ3) is 4.86. The lowest BCUT2D eigenvalue weighted by Gasteiger charge is -2.24. The van der Waals surface area contributed by atoms with Crippen molar-refractivity contribution in [1.29, 1.82) is 0 Å². The molecule has 43 heavy (non-hydrogen) atoms. The van der Waals surface area contributed by atoms with Gasteiger partial charge in [-0.1, -0.05) is 0 Å². The number of fused-ring (bicyclic) bond motifs is 4. The molecule has 7 rings (SSSR count). The van der Waals surface area contributed by atoms with E-state index in [2.05, 4.69) is 29.9 Å². The molecule has 0 aliphatic carbocycles. The SMILES string of the molecule is Nc1ncnc2c1ncn2[C@@H]1O[C@@H]2OP(=O)(O)OC3C(O)[C@H](n4cnc5c(N)ncnc54)O[C@@H]3COP(=O)(O)OC2C1O. The summed E-state index contributed by atoms with van der Waals surface area (Å²) in [6.07, 6.45) is -8.58. The number of rotatable bonds is 2. The average molecular weight is 644 g/mol. The maximum Gasteiger partial charge on any atom is 0.475 e. The van der Waals surface area contributed by atoms with E-state index < -0.39 is 71.5 Å². The molecular weight excluding hydrogens is 622 g/mol. The van der Waals surface area contributed by atoms with Gasteiger partial charge in [-0.05, 0) is 0 Å². The summed E-state index contributed by atoms with van der Waals surface area (Å²) in [4.78, 5) is 45.2. The van der Waals surface area contributed by atoms with Crippen LogP contribution in [-0.2, 0) is 36.7 Å². The lowest BCUT2D eigenvalue weighted by Crippen LogP contribution is -2.36. The maximum atomic E-state index is 13.2. The van der Waals surface area contributed by atoms with Crippen molar-refractivity contribution in [2.24, 2.45) is 0 Å². The van der Waals surface area contributed by atoms with Gasteiger partial charge in [0.25, 0.3) is 0 Å². The fraction of sp³-hybridized carbons (Fsp3) is 0.474. The molecule has 4 aromatic rings. The second kappa shape index (κ2) is 10.2. The minimum atomic E-state index is -5.21. The number of phosphoric acid groups is 2. The van der Waals surface area contributed by atoms with E-state index in [4.69, 9.17) is 39.0 Å². The Morgan fingerprint density at radius 2 is 1.28 bits per heavy atom. The number of aliphatic hydroxyl groups is 2. The van der Waals surface area contributed by atoms with Crippen LogP contribution < -0.4 is 11.5 Å². The predicted octanol–water partition coefficient (Wildman–Crippen LogP) is -1.68. The lowest BCUT2D eigenvalue weighted by atomic mass is 10.1. The summed E-state index contributed by atoms with van der Waals surface area (Å²) < 4.78 is 60.8. The van der Waals surface area contributed by atoms with Gasteiger partial charge in [-0.2, -0.15) is 0 Å². The van der Waals surface area contributed by atoms with Crippen molar-refractivity contribution in [3.8, 4) is 0 Å². The van der Waals surface area contributed by atoms with Crippen LogP contribution in [0.2, 0.25) is 0 Å². The predicted molar refractivity (Wildman–Crippen MR) is 136 cm³/mol. The van der Waals surface area contributed by atoms with E-state index in [9.17, 15) is 29.1 Å². The summed E-state index contributed by atoms with van der Waals surface area (Å²) in [6, 6.07) is 0. The first-order chi connectivity index (χ1) is 20.4. The number of imidazole rings is 2. The molecule has 24 heteroatoms. The molecule has 0 radical (unpaired) electrons. The van der Waals surface area contributed by atoms with E-state index in [0.717, 1.165) is 12.7 Å². The molecule has 4 aromatic heterocycles. The minimum Gasteiger partial charge on any atom is -0.386 e. The molecule has 3 aliphatic rings. The molecule has 3 saturated heterocycles. The largest absolute Gasteiger partial charge is 0.475 e. The van der Waals surface area contributed by atoms with Crippen molar-refractivity contribution in [1.82, 2.24) is 39.0 Å². The highest BCUT2D eigenvalue weighted by molar-refractivity contribution is 7.47. The smallest absolute Gasteiger partial charge is 0.386 e. The second-order valence-corrected chi connectivity index (χ2v) is 12.4.